The predicted octanol–water partition coefficient (Wildman–Crippen LogP) is 3.26. The van der Waals surface area contributed by atoms with Crippen molar-refractivity contribution < 1.29 is 0 Å². The van der Waals surface area contributed by atoms with Crippen molar-refractivity contribution in [3.63, 3.8) is 0 Å². The van der Waals surface area contributed by atoms with Crippen LogP contribution >= 0.6 is 0 Å². The summed E-state index contributed by atoms with van der Waals surface area (Å²) in [6, 6.07) is 14.0. The topological polar surface area (TPSA) is 0 Å². The zero-order chi connectivity index (χ0) is 10.5. The molecular formula is C14H8Se2. The van der Waals surface area contributed by atoms with Gasteiger partial charge < -0.3 is 0 Å². The first-order valence-corrected chi connectivity index (χ1v) is 8.87. The van der Waals surface area contributed by atoms with Crippen LogP contribution in [0.3, 0.4) is 0 Å². The fourth-order valence-electron chi connectivity index (χ4n) is 2.17. The second-order valence-corrected chi connectivity index (χ2v) is 7.95. The van der Waals surface area contributed by atoms with Crippen LogP contribution in [0, 0.1) is 0 Å². The second kappa shape index (κ2) is 3.35. The molecule has 2 heterocycles. The molecule has 4 rings (SSSR count). The Morgan fingerprint density at radius 3 is 1.56 bits per heavy atom. The van der Waals surface area contributed by atoms with Gasteiger partial charge in [-0.05, 0) is 0 Å². The molecule has 0 saturated heterocycles. The fourth-order valence-corrected chi connectivity index (χ4v) is 5.61. The summed E-state index contributed by atoms with van der Waals surface area (Å²) in [6.07, 6.45) is 0. The average Bonchev–Trinajstić information content (AvgIpc) is 2.89. The van der Waals surface area contributed by atoms with E-state index in [1.165, 1.54) is 30.1 Å². The minimum atomic E-state index is 0.558. The van der Waals surface area contributed by atoms with Gasteiger partial charge in [-0.3, -0.25) is 0 Å². The second-order valence-electron chi connectivity index (χ2n) is 3.97. The van der Waals surface area contributed by atoms with Gasteiger partial charge in [0.15, 0.2) is 0 Å². The Morgan fingerprint density at radius 1 is 0.562 bits per heavy atom. The summed E-state index contributed by atoms with van der Waals surface area (Å²) in [6.45, 7) is 0. The van der Waals surface area contributed by atoms with Crippen molar-refractivity contribution in [2.75, 3.05) is 0 Å². The van der Waals surface area contributed by atoms with Crippen molar-refractivity contribution >= 4 is 59.1 Å². The van der Waals surface area contributed by atoms with Crippen molar-refractivity contribution in [3.05, 3.63) is 46.3 Å². The zero-order valence-electron chi connectivity index (χ0n) is 8.44. The molecule has 4 aromatic rings. The average molecular weight is 334 g/mol. The Balaban J connectivity index is 2.26. The maximum absolute atomic E-state index is 2.38. The molecule has 0 N–H and O–H groups in total. The Bertz CT molecular complexity index is 675. The Labute approximate surface area is 105 Å². The third-order valence-electron chi connectivity index (χ3n) is 2.98. The van der Waals surface area contributed by atoms with E-state index < -0.39 is 0 Å². The van der Waals surface area contributed by atoms with Crippen LogP contribution < -0.4 is 0 Å². The van der Waals surface area contributed by atoms with E-state index in [4.69, 9.17) is 0 Å². The molecular weight excluding hydrogens is 326 g/mol. The van der Waals surface area contributed by atoms with Crippen LogP contribution in [0.2, 0.25) is 0 Å². The molecule has 0 amide bonds. The van der Waals surface area contributed by atoms with Crippen LogP contribution in [0.1, 0.15) is 0 Å². The monoisotopic (exact) mass is 336 g/mol. The number of fused-ring (bicyclic) bond motifs is 3. The van der Waals surface area contributed by atoms with Gasteiger partial charge in [-0.25, -0.2) is 0 Å². The molecule has 0 unspecified atom stereocenters. The standard InChI is InChI=1S/C14H8Se2/c1-3-15-13-7-12-6-10-2-4-16-14(10)8-11(12)5-9(1)13/h1-8H. The van der Waals surface area contributed by atoms with Crippen LogP contribution in [0.5, 0.6) is 0 Å². The third-order valence-corrected chi connectivity index (χ3v) is 6.67. The molecule has 16 heavy (non-hydrogen) atoms. The van der Waals surface area contributed by atoms with Crippen molar-refractivity contribution in [1.82, 2.24) is 0 Å². The third kappa shape index (κ3) is 1.28. The molecule has 0 radical (unpaired) electrons. The van der Waals surface area contributed by atoms with Gasteiger partial charge in [0.1, 0.15) is 0 Å². The van der Waals surface area contributed by atoms with Gasteiger partial charge >= 0.3 is 105 Å². The molecule has 2 heteroatoms. The molecule has 0 spiro atoms. The molecule has 76 valence electrons. The van der Waals surface area contributed by atoms with Gasteiger partial charge in [-0.2, -0.15) is 0 Å². The molecule has 0 aliphatic rings. The van der Waals surface area contributed by atoms with Crippen LogP contribution in [0.15, 0.2) is 46.3 Å². The number of hydrogen-bond donors (Lipinski definition) is 0. The number of hydrogen-bond acceptors (Lipinski definition) is 0. The van der Waals surface area contributed by atoms with Crippen molar-refractivity contribution in [3.8, 4) is 0 Å². The van der Waals surface area contributed by atoms with E-state index in [2.05, 4.69) is 46.3 Å². The van der Waals surface area contributed by atoms with E-state index in [1.54, 1.807) is 0 Å². The van der Waals surface area contributed by atoms with Gasteiger partial charge in [-0.1, -0.05) is 0 Å². The fraction of sp³-hybridized carbons (Fsp3) is 0. The Hall–Kier alpha value is -0.781. The normalized spacial score (nSPS) is 11.8. The van der Waals surface area contributed by atoms with Gasteiger partial charge in [0.2, 0.25) is 0 Å². The van der Waals surface area contributed by atoms with Crippen LogP contribution in [-0.4, -0.2) is 29.0 Å². The first kappa shape index (κ1) is 9.27. The van der Waals surface area contributed by atoms with Crippen molar-refractivity contribution in [1.29, 1.82) is 0 Å². The van der Waals surface area contributed by atoms with E-state index >= 15 is 0 Å². The zero-order valence-corrected chi connectivity index (χ0v) is 11.9. The predicted molar refractivity (Wildman–Crippen MR) is 72.8 cm³/mol. The molecule has 0 nitrogen and oxygen atoms in total. The Kier molecular flexibility index (Phi) is 1.94. The van der Waals surface area contributed by atoms with Crippen LogP contribution in [-0.2, 0) is 0 Å². The van der Waals surface area contributed by atoms with Gasteiger partial charge in [0.25, 0.3) is 0 Å². The molecule has 0 bridgehead atoms. The van der Waals surface area contributed by atoms with Gasteiger partial charge in [0.05, 0.1) is 0 Å². The van der Waals surface area contributed by atoms with E-state index in [0.29, 0.717) is 29.0 Å². The summed E-state index contributed by atoms with van der Waals surface area (Å²) in [4.78, 5) is 4.63. The van der Waals surface area contributed by atoms with E-state index in [0.717, 1.165) is 0 Å². The molecule has 0 fully saturated rings. The molecule has 2 aromatic carbocycles. The first-order chi connectivity index (χ1) is 7.90. The first-order valence-electron chi connectivity index (χ1n) is 5.18. The summed E-state index contributed by atoms with van der Waals surface area (Å²) in [5.74, 6) is 0. The van der Waals surface area contributed by atoms with Crippen LogP contribution in [0.4, 0.5) is 0 Å². The summed E-state index contributed by atoms with van der Waals surface area (Å²) in [5, 5.41) is 5.69. The quantitative estimate of drug-likeness (QED) is 0.433. The van der Waals surface area contributed by atoms with Gasteiger partial charge in [0, 0.05) is 0 Å². The molecule has 0 aliphatic heterocycles. The molecule has 0 saturated carbocycles. The summed E-state index contributed by atoms with van der Waals surface area (Å²) < 4.78 is 3.07. The summed E-state index contributed by atoms with van der Waals surface area (Å²) >= 11 is 1.12. The van der Waals surface area contributed by atoms with Gasteiger partial charge in [-0.15, -0.1) is 0 Å². The number of benzene rings is 2. The molecule has 0 atom stereocenters. The van der Waals surface area contributed by atoms with Crippen molar-refractivity contribution in [2.45, 2.75) is 0 Å². The maximum atomic E-state index is 2.38. The van der Waals surface area contributed by atoms with E-state index in [9.17, 15) is 0 Å². The minimum absolute atomic E-state index is 0.558. The van der Waals surface area contributed by atoms with E-state index in [1.807, 2.05) is 0 Å². The summed E-state index contributed by atoms with van der Waals surface area (Å²) in [5.41, 5.74) is 0. The SMILES string of the molecule is c1cc2cc3cc4[se]ccc4cc3cc2[se]1. The molecule has 0 aliphatic carbocycles. The Morgan fingerprint density at radius 2 is 1.06 bits per heavy atom. The molecule has 2 aromatic heterocycles. The van der Waals surface area contributed by atoms with Crippen LogP contribution in [0.25, 0.3) is 30.1 Å². The summed E-state index contributed by atoms with van der Waals surface area (Å²) in [7, 11) is 0. The number of rotatable bonds is 0. The van der Waals surface area contributed by atoms with Crippen molar-refractivity contribution in [2.24, 2.45) is 0 Å². The van der Waals surface area contributed by atoms with E-state index in [-0.39, 0.29) is 0 Å².